The lowest BCUT2D eigenvalue weighted by Gasteiger charge is -2.28. The zero-order chi connectivity index (χ0) is 16.2. The molecule has 1 aliphatic rings. The average Bonchev–Trinajstić information content (AvgIpc) is 2.96. The van der Waals surface area contributed by atoms with E-state index in [9.17, 15) is 4.79 Å². The van der Waals surface area contributed by atoms with Gasteiger partial charge in [-0.2, -0.15) is 0 Å². The second kappa shape index (κ2) is 6.76. The van der Waals surface area contributed by atoms with Crippen LogP contribution in [0.3, 0.4) is 0 Å². The number of aryl methyl sites for hydroxylation is 1. The quantitative estimate of drug-likeness (QED) is 0.829. The smallest absolute Gasteiger partial charge is 0.308 e. The number of nitrogens with zero attached hydrogens (tertiary/aromatic N) is 1. The van der Waals surface area contributed by atoms with Crippen LogP contribution in [0.25, 0.3) is 0 Å². The van der Waals surface area contributed by atoms with Gasteiger partial charge in [0.2, 0.25) is 0 Å². The first-order valence-corrected chi connectivity index (χ1v) is 7.91. The molecule has 0 aromatic heterocycles. The van der Waals surface area contributed by atoms with Crippen LogP contribution in [-0.4, -0.2) is 17.5 Å². The van der Waals surface area contributed by atoms with Crippen molar-refractivity contribution in [2.75, 3.05) is 11.9 Å². The van der Waals surface area contributed by atoms with E-state index in [2.05, 4.69) is 23.4 Å². The molecule has 23 heavy (non-hydrogen) atoms. The van der Waals surface area contributed by atoms with Crippen molar-refractivity contribution >= 4 is 23.3 Å². The molecule has 0 fully saturated rings. The van der Waals surface area contributed by atoms with Crippen LogP contribution >= 0.6 is 11.6 Å². The number of halogens is 1. The molecule has 1 unspecified atom stereocenters. The molecule has 2 aromatic carbocycles. The van der Waals surface area contributed by atoms with Gasteiger partial charge in [0, 0.05) is 10.7 Å². The fourth-order valence-electron chi connectivity index (χ4n) is 3.04. The summed E-state index contributed by atoms with van der Waals surface area (Å²) in [4.78, 5) is 14.4. The van der Waals surface area contributed by atoms with Crippen LogP contribution in [0.15, 0.2) is 48.5 Å². The molecule has 1 aliphatic carbocycles. The Morgan fingerprint density at radius 2 is 2.13 bits per heavy atom. The summed E-state index contributed by atoms with van der Waals surface area (Å²) < 4.78 is 0. The van der Waals surface area contributed by atoms with Crippen molar-refractivity contribution < 1.29 is 4.79 Å². The molecule has 3 rings (SSSR count). The first-order valence-electron chi connectivity index (χ1n) is 7.53. The van der Waals surface area contributed by atoms with E-state index in [0.717, 1.165) is 12.8 Å². The fourth-order valence-corrected chi connectivity index (χ4v) is 3.23. The number of nitrogens with one attached hydrogen (secondary N) is 1. The highest BCUT2D eigenvalue weighted by atomic mass is 35.5. The SMILES string of the molecule is C#CCN(C(=O)Nc1cccc(Cl)c1)C1CCc2ccccc21. The van der Waals surface area contributed by atoms with Gasteiger partial charge in [0.1, 0.15) is 0 Å². The van der Waals surface area contributed by atoms with Gasteiger partial charge in [-0.05, 0) is 42.2 Å². The fraction of sp³-hybridized carbons (Fsp3) is 0.211. The molecule has 0 heterocycles. The molecule has 4 heteroatoms. The number of terminal acetylenes is 1. The summed E-state index contributed by atoms with van der Waals surface area (Å²) in [6.45, 7) is 0.269. The molecule has 2 aromatic rings. The first kappa shape index (κ1) is 15.5. The number of urea groups is 1. The minimum atomic E-state index is -0.202. The third kappa shape index (κ3) is 3.33. The largest absolute Gasteiger partial charge is 0.323 e. The molecule has 1 N–H and O–H groups in total. The molecule has 2 amide bonds. The lowest BCUT2D eigenvalue weighted by molar-refractivity contribution is 0.197. The zero-order valence-corrected chi connectivity index (χ0v) is 13.4. The van der Waals surface area contributed by atoms with Gasteiger partial charge in [-0.1, -0.05) is 47.9 Å². The zero-order valence-electron chi connectivity index (χ0n) is 12.6. The van der Waals surface area contributed by atoms with Gasteiger partial charge in [0.15, 0.2) is 0 Å². The molecule has 0 aliphatic heterocycles. The number of fused-ring (bicyclic) bond motifs is 1. The molecule has 0 bridgehead atoms. The molecule has 0 radical (unpaired) electrons. The van der Waals surface area contributed by atoms with Gasteiger partial charge in [0.05, 0.1) is 12.6 Å². The Balaban J connectivity index is 1.82. The van der Waals surface area contributed by atoms with E-state index in [0.29, 0.717) is 10.7 Å². The Bertz CT molecular complexity index is 766. The highest BCUT2D eigenvalue weighted by Crippen LogP contribution is 2.35. The Labute approximate surface area is 141 Å². The van der Waals surface area contributed by atoms with E-state index in [1.165, 1.54) is 11.1 Å². The molecule has 0 saturated heterocycles. The first-order chi connectivity index (χ1) is 11.2. The summed E-state index contributed by atoms with van der Waals surface area (Å²) >= 11 is 5.97. The van der Waals surface area contributed by atoms with E-state index in [-0.39, 0.29) is 18.6 Å². The second-order valence-electron chi connectivity index (χ2n) is 5.53. The number of rotatable bonds is 3. The van der Waals surface area contributed by atoms with Crippen LogP contribution in [0, 0.1) is 12.3 Å². The number of benzene rings is 2. The van der Waals surface area contributed by atoms with E-state index in [1.54, 1.807) is 29.2 Å². The van der Waals surface area contributed by atoms with Crippen molar-refractivity contribution in [1.29, 1.82) is 0 Å². The van der Waals surface area contributed by atoms with Gasteiger partial charge in [-0.15, -0.1) is 6.42 Å². The molecular weight excluding hydrogens is 308 g/mol. The van der Waals surface area contributed by atoms with Gasteiger partial charge < -0.3 is 10.2 Å². The lowest BCUT2D eigenvalue weighted by atomic mass is 10.1. The van der Waals surface area contributed by atoms with Crippen LogP contribution in [0.5, 0.6) is 0 Å². The van der Waals surface area contributed by atoms with Crippen LogP contribution < -0.4 is 5.32 Å². The number of carbonyl (C=O) groups excluding carboxylic acids is 1. The average molecular weight is 325 g/mol. The molecule has 116 valence electrons. The molecular formula is C19H17ClN2O. The van der Waals surface area contributed by atoms with Gasteiger partial charge in [0.25, 0.3) is 0 Å². The van der Waals surface area contributed by atoms with Crippen LogP contribution in [0.2, 0.25) is 5.02 Å². The third-order valence-corrected chi connectivity index (χ3v) is 4.31. The van der Waals surface area contributed by atoms with E-state index in [1.807, 2.05) is 12.1 Å². The highest BCUT2D eigenvalue weighted by Gasteiger charge is 2.30. The summed E-state index contributed by atoms with van der Waals surface area (Å²) in [6.07, 6.45) is 7.34. The summed E-state index contributed by atoms with van der Waals surface area (Å²) in [7, 11) is 0. The second-order valence-corrected chi connectivity index (χ2v) is 5.96. The minimum Gasteiger partial charge on any atom is -0.308 e. The molecule has 3 nitrogen and oxygen atoms in total. The summed E-state index contributed by atoms with van der Waals surface area (Å²) in [5.74, 6) is 2.59. The van der Waals surface area contributed by atoms with Crippen molar-refractivity contribution in [3.8, 4) is 12.3 Å². The Morgan fingerprint density at radius 1 is 1.30 bits per heavy atom. The summed E-state index contributed by atoms with van der Waals surface area (Å²) in [5.41, 5.74) is 3.13. The van der Waals surface area contributed by atoms with Crippen LogP contribution in [0.4, 0.5) is 10.5 Å². The van der Waals surface area contributed by atoms with E-state index < -0.39 is 0 Å². The number of carbonyl (C=O) groups is 1. The van der Waals surface area contributed by atoms with Crippen molar-refractivity contribution in [1.82, 2.24) is 4.90 Å². The summed E-state index contributed by atoms with van der Waals surface area (Å²) in [5, 5.41) is 3.46. The maximum Gasteiger partial charge on any atom is 0.323 e. The predicted octanol–water partition coefficient (Wildman–Crippen LogP) is 4.49. The normalized spacial score (nSPS) is 15.6. The Morgan fingerprint density at radius 3 is 2.91 bits per heavy atom. The topological polar surface area (TPSA) is 32.3 Å². The Hall–Kier alpha value is -2.44. The van der Waals surface area contributed by atoms with Crippen molar-refractivity contribution in [3.63, 3.8) is 0 Å². The van der Waals surface area contributed by atoms with Gasteiger partial charge in [-0.25, -0.2) is 4.79 Å². The number of amides is 2. The standard InChI is InChI=1S/C19H17ClN2O/c1-2-12-22(18-11-10-14-6-3-4-9-17(14)18)19(23)21-16-8-5-7-15(20)13-16/h1,3-9,13,18H,10-12H2,(H,21,23). The molecule has 0 spiro atoms. The van der Waals surface area contributed by atoms with E-state index >= 15 is 0 Å². The number of hydrogen-bond donors (Lipinski definition) is 1. The van der Waals surface area contributed by atoms with Crippen LogP contribution in [-0.2, 0) is 6.42 Å². The molecule has 1 atom stereocenters. The van der Waals surface area contributed by atoms with Crippen molar-refractivity contribution in [2.24, 2.45) is 0 Å². The van der Waals surface area contributed by atoms with Crippen LogP contribution in [0.1, 0.15) is 23.6 Å². The summed E-state index contributed by atoms with van der Waals surface area (Å²) in [6, 6.07) is 15.1. The minimum absolute atomic E-state index is 0.0152. The molecule has 0 saturated carbocycles. The Kier molecular flexibility index (Phi) is 4.55. The lowest BCUT2D eigenvalue weighted by Crippen LogP contribution is -2.37. The monoisotopic (exact) mass is 324 g/mol. The van der Waals surface area contributed by atoms with Gasteiger partial charge in [-0.3, -0.25) is 0 Å². The van der Waals surface area contributed by atoms with Crippen molar-refractivity contribution in [3.05, 3.63) is 64.7 Å². The van der Waals surface area contributed by atoms with E-state index in [4.69, 9.17) is 18.0 Å². The van der Waals surface area contributed by atoms with Crippen molar-refractivity contribution in [2.45, 2.75) is 18.9 Å². The third-order valence-electron chi connectivity index (χ3n) is 4.08. The number of anilines is 1. The maximum atomic E-state index is 12.7. The van der Waals surface area contributed by atoms with Gasteiger partial charge >= 0.3 is 6.03 Å². The maximum absolute atomic E-state index is 12.7. The predicted molar refractivity (Wildman–Crippen MR) is 93.5 cm³/mol. The number of hydrogen-bond acceptors (Lipinski definition) is 1. The highest BCUT2D eigenvalue weighted by molar-refractivity contribution is 6.30.